The van der Waals surface area contributed by atoms with Crippen molar-refractivity contribution < 1.29 is 9.47 Å². The zero-order valence-corrected chi connectivity index (χ0v) is 13.3. The Morgan fingerprint density at radius 1 is 1.38 bits per heavy atom. The van der Waals surface area contributed by atoms with Crippen molar-refractivity contribution in [1.29, 1.82) is 0 Å². The van der Waals surface area contributed by atoms with E-state index in [0.717, 1.165) is 43.9 Å². The smallest absolute Gasteiger partial charge is 0.137 e. The summed E-state index contributed by atoms with van der Waals surface area (Å²) in [6, 6.07) is 4.41. The molecule has 4 heteroatoms. The number of pyridine rings is 1. The van der Waals surface area contributed by atoms with Gasteiger partial charge in [0.05, 0.1) is 18.0 Å². The third-order valence-electron chi connectivity index (χ3n) is 3.88. The number of hydrogen-bond donors (Lipinski definition) is 1. The monoisotopic (exact) mass is 292 g/mol. The Bertz CT molecular complexity index is 388. The molecule has 1 aliphatic rings. The largest absolute Gasteiger partial charge is 0.489 e. The third-order valence-corrected chi connectivity index (χ3v) is 3.88. The normalized spacial score (nSPS) is 20.2. The molecule has 1 N–H and O–H groups in total. The zero-order valence-electron chi connectivity index (χ0n) is 13.3. The molecule has 0 amide bonds. The quantitative estimate of drug-likeness (QED) is 0.796. The van der Waals surface area contributed by atoms with Gasteiger partial charge >= 0.3 is 0 Å². The molecule has 2 heterocycles. The highest BCUT2D eigenvalue weighted by Crippen LogP contribution is 2.19. The Balaban J connectivity index is 1.82. The number of rotatable bonds is 8. The molecule has 0 saturated carbocycles. The second-order valence-electron chi connectivity index (χ2n) is 5.63. The van der Waals surface area contributed by atoms with Gasteiger partial charge in [-0.1, -0.05) is 13.8 Å². The van der Waals surface area contributed by atoms with Crippen LogP contribution in [0.2, 0.25) is 0 Å². The SMILES string of the molecule is CCCNC(CC)c1ccc(OCC2CCCCO2)cn1. The summed E-state index contributed by atoms with van der Waals surface area (Å²) in [5.74, 6) is 0.832. The molecule has 1 fully saturated rings. The third kappa shape index (κ3) is 5.29. The van der Waals surface area contributed by atoms with Gasteiger partial charge in [-0.3, -0.25) is 4.98 Å². The summed E-state index contributed by atoms with van der Waals surface area (Å²) in [7, 11) is 0. The number of aromatic nitrogens is 1. The standard InChI is InChI=1S/C17H28N2O2/c1-3-10-18-16(4-2)17-9-8-14(12-19-17)21-13-15-7-5-6-11-20-15/h8-9,12,15-16,18H,3-7,10-11,13H2,1-2H3. The Kier molecular flexibility index (Phi) is 6.96. The van der Waals surface area contributed by atoms with Crippen LogP contribution in [0.15, 0.2) is 18.3 Å². The van der Waals surface area contributed by atoms with Gasteiger partial charge < -0.3 is 14.8 Å². The highest BCUT2D eigenvalue weighted by atomic mass is 16.5. The minimum atomic E-state index is 0.244. The zero-order chi connectivity index (χ0) is 14.9. The van der Waals surface area contributed by atoms with E-state index in [0.29, 0.717) is 12.6 Å². The highest BCUT2D eigenvalue weighted by Gasteiger charge is 2.15. The second-order valence-corrected chi connectivity index (χ2v) is 5.63. The van der Waals surface area contributed by atoms with Crippen molar-refractivity contribution in [2.24, 2.45) is 0 Å². The molecule has 1 aromatic rings. The first-order chi connectivity index (χ1) is 10.3. The van der Waals surface area contributed by atoms with Crippen molar-refractivity contribution in [1.82, 2.24) is 10.3 Å². The molecule has 0 aromatic carbocycles. The van der Waals surface area contributed by atoms with E-state index in [1.165, 1.54) is 12.8 Å². The minimum absolute atomic E-state index is 0.244. The molecular weight excluding hydrogens is 264 g/mol. The maximum Gasteiger partial charge on any atom is 0.137 e. The molecule has 0 bridgehead atoms. The van der Waals surface area contributed by atoms with Crippen molar-refractivity contribution >= 4 is 0 Å². The fourth-order valence-corrected chi connectivity index (χ4v) is 2.59. The van der Waals surface area contributed by atoms with E-state index in [9.17, 15) is 0 Å². The van der Waals surface area contributed by atoms with Crippen molar-refractivity contribution in [2.75, 3.05) is 19.8 Å². The fourth-order valence-electron chi connectivity index (χ4n) is 2.59. The summed E-state index contributed by atoms with van der Waals surface area (Å²) in [6.45, 7) is 6.88. The van der Waals surface area contributed by atoms with E-state index in [1.807, 2.05) is 12.3 Å². The van der Waals surface area contributed by atoms with Gasteiger partial charge in [-0.15, -0.1) is 0 Å². The first-order valence-corrected chi connectivity index (χ1v) is 8.27. The predicted molar refractivity (Wildman–Crippen MR) is 84.6 cm³/mol. The molecule has 2 rings (SSSR count). The molecule has 0 spiro atoms. The summed E-state index contributed by atoms with van der Waals surface area (Å²) in [5, 5.41) is 3.52. The number of ether oxygens (including phenoxy) is 2. The average Bonchev–Trinajstić information content (AvgIpc) is 2.56. The molecular formula is C17H28N2O2. The van der Waals surface area contributed by atoms with Crippen LogP contribution in [-0.2, 0) is 4.74 Å². The van der Waals surface area contributed by atoms with Gasteiger partial charge in [0.15, 0.2) is 0 Å². The van der Waals surface area contributed by atoms with Crippen LogP contribution in [0.4, 0.5) is 0 Å². The Morgan fingerprint density at radius 3 is 2.90 bits per heavy atom. The van der Waals surface area contributed by atoms with Crippen LogP contribution in [0, 0.1) is 0 Å². The Hall–Kier alpha value is -1.13. The van der Waals surface area contributed by atoms with Crippen LogP contribution >= 0.6 is 0 Å². The van der Waals surface area contributed by atoms with Gasteiger partial charge in [0.1, 0.15) is 12.4 Å². The summed E-state index contributed by atoms with van der Waals surface area (Å²) >= 11 is 0. The van der Waals surface area contributed by atoms with E-state index in [4.69, 9.17) is 9.47 Å². The van der Waals surface area contributed by atoms with Gasteiger partial charge in [0, 0.05) is 12.6 Å². The predicted octanol–water partition coefficient (Wildman–Crippen LogP) is 3.48. The van der Waals surface area contributed by atoms with Crippen molar-refractivity contribution in [3.05, 3.63) is 24.0 Å². The van der Waals surface area contributed by atoms with Gasteiger partial charge in [-0.25, -0.2) is 0 Å². The maximum atomic E-state index is 5.79. The van der Waals surface area contributed by atoms with Gasteiger partial charge in [0.2, 0.25) is 0 Å². The first kappa shape index (κ1) is 16.2. The molecule has 118 valence electrons. The van der Waals surface area contributed by atoms with Crippen molar-refractivity contribution in [3.63, 3.8) is 0 Å². The lowest BCUT2D eigenvalue weighted by Crippen LogP contribution is -2.26. The second kappa shape index (κ2) is 9.00. The maximum absolute atomic E-state index is 5.79. The van der Waals surface area contributed by atoms with E-state index in [-0.39, 0.29) is 6.10 Å². The van der Waals surface area contributed by atoms with Gasteiger partial charge in [-0.2, -0.15) is 0 Å². The van der Waals surface area contributed by atoms with E-state index in [1.54, 1.807) is 0 Å². The summed E-state index contributed by atoms with van der Waals surface area (Å²) < 4.78 is 11.5. The highest BCUT2D eigenvalue weighted by molar-refractivity contribution is 5.21. The minimum Gasteiger partial charge on any atom is -0.489 e. The molecule has 0 aliphatic carbocycles. The fraction of sp³-hybridized carbons (Fsp3) is 0.706. The summed E-state index contributed by atoms with van der Waals surface area (Å²) in [4.78, 5) is 4.54. The van der Waals surface area contributed by atoms with E-state index in [2.05, 4.69) is 30.2 Å². The lowest BCUT2D eigenvalue weighted by atomic mass is 10.1. The molecule has 2 atom stereocenters. The topological polar surface area (TPSA) is 43.4 Å². The van der Waals surface area contributed by atoms with Crippen LogP contribution < -0.4 is 10.1 Å². The van der Waals surface area contributed by atoms with Gasteiger partial charge in [0.25, 0.3) is 0 Å². The summed E-state index contributed by atoms with van der Waals surface area (Å²) in [5.41, 5.74) is 1.09. The number of hydrogen-bond acceptors (Lipinski definition) is 4. The molecule has 1 aromatic heterocycles. The average molecular weight is 292 g/mol. The number of nitrogens with one attached hydrogen (secondary N) is 1. The lowest BCUT2D eigenvalue weighted by molar-refractivity contribution is -0.0111. The Morgan fingerprint density at radius 2 is 2.29 bits per heavy atom. The van der Waals surface area contributed by atoms with Crippen LogP contribution in [-0.4, -0.2) is 30.8 Å². The van der Waals surface area contributed by atoms with E-state index >= 15 is 0 Å². The molecule has 4 nitrogen and oxygen atoms in total. The van der Waals surface area contributed by atoms with Crippen LogP contribution in [0.25, 0.3) is 0 Å². The molecule has 21 heavy (non-hydrogen) atoms. The molecule has 1 saturated heterocycles. The Labute approximate surface area is 128 Å². The van der Waals surface area contributed by atoms with Crippen molar-refractivity contribution in [3.8, 4) is 5.75 Å². The van der Waals surface area contributed by atoms with E-state index < -0.39 is 0 Å². The van der Waals surface area contributed by atoms with Crippen LogP contribution in [0.1, 0.15) is 57.7 Å². The first-order valence-electron chi connectivity index (χ1n) is 8.27. The van der Waals surface area contributed by atoms with Crippen LogP contribution in [0.5, 0.6) is 5.75 Å². The van der Waals surface area contributed by atoms with Crippen LogP contribution in [0.3, 0.4) is 0 Å². The molecule has 2 unspecified atom stereocenters. The van der Waals surface area contributed by atoms with Crippen molar-refractivity contribution in [2.45, 2.75) is 58.1 Å². The lowest BCUT2D eigenvalue weighted by Gasteiger charge is -2.22. The molecule has 1 aliphatic heterocycles. The molecule has 0 radical (unpaired) electrons. The number of nitrogens with zero attached hydrogens (tertiary/aromatic N) is 1. The van der Waals surface area contributed by atoms with Gasteiger partial charge in [-0.05, 0) is 50.8 Å². The summed E-state index contributed by atoms with van der Waals surface area (Å²) in [6.07, 6.45) is 7.77.